The number of piperidine rings is 1. The molecule has 126 valence electrons. The molecule has 1 saturated heterocycles. The van der Waals surface area contributed by atoms with E-state index in [0.29, 0.717) is 6.04 Å². The molecular formula is C19H23N3OS. The van der Waals surface area contributed by atoms with Crippen molar-refractivity contribution in [1.29, 1.82) is 0 Å². The molecule has 0 bridgehead atoms. The minimum Gasteiger partial charge on any atom is -0.351 e. The lowest BCUT2D eigenvalue weighted by Crippen LogP contribution is -2.46. The van der Waals surface area contributed by atoms with Gasteiger partial charge in [-0.1, -0.05) is 42.1 Å². The Morgan fingerprint density at radius 1 is 1.04 bits per heavy atom. The number of primary amides is 1. The highest BCUT2D eigenvalue weighted by Crippen LogP contribution is 2.27. The third-order valence-corrected chi connectivity index (χ3v) is 5.32. The molecule has 0 aromatic heterocycles. The van der Waals surface area contributed by atoms with Gasteiger partial charge in [0.1, 0.15) is 0 Å². The molecule has 2 amide bonds. The fourth-order valence-electron chi connectivity index (χ4n) is 2.87. The largest absolute Gasteiger partial charge is 0.351 e. The number of hydrogen-bond acceptors (Lipinski definition) is 3. The van der Waals surface area contributed by atoms with Crippen LogP contribution in [0, 0.1) is 0 Å². The van der Waals surface area contributed by atoms with Crippen molar-refractivity contribution in [3.8, 4) is 0 Å². The molecule has 0 saturated carbocycles. The lowest BCUT2D eigenvalue weighted by molar-refractivity contribution is 0.185. The molecule has 3 N–H and O–H groups in total. The summed E-state index contributed by atoms with van der Waals surface area (Å²) in [6.07, 6.45) is 1.93. The molecule has 0 atom stereocenters. The van der Waals surface area contributed by atoms with E-state index >= 15 is 0 Å². The van der Waals surface area contributed by atoms with Crippen LogP contribution in [-0.2, 0) is 6.54 Å². The maximum atomic E-state index is 11.1. The van der Waals surface area contributed by atoms with E-state index in [4.69, 9.17) is 5.73 Å². The number of amides is 2. The van der Waals surface area contributed by atoms with E-state index < -0.39 is 0 Å². The average molecular weight is 341 g/mol. The second-order valence-electron chi connectivity index (χ2n) is 6.04. The summed E-state index contributed by atoms with van der Waals surface area (Å²) in [4.78, 5) is 15.3. The normalized spacial score (nSPS) is 15.4. The number of likely N-dealkylation sites (tertiary alicyclic amines) is 1. The van der Waals surface area contributed by atoms with Gasteiger partial charge in [-0.2, -0.15) is 0 Å². The summed E-state index contributed by atoms with van der Waals surface area (Å²) in [7, 11) is 0. The summed E-state index contributed by atoms with van der Waals surface area (Å²) in [6, 6.07) is 19.2. The van der Waals surface area contributed by atoms with Crippen molar-refractivity contribution in [3.05, 3.63) is 60.2 Å². The predicted octanol–water partition coefficient (Wildman–Crippen LogP) is 3.47. The highest BCUT2D eigenvalue weighted by atomic mass is 32.2. The zero-order chi connectivity index (χ0) is 16.8. The van der Waals surface area contributed by atoms with Gasteiger partial charge in [-0.05, 0) is 42.7 Å². The van der Waals surface area contributed by atoms with E-state index in [9.17, 15) is 4.79 Å². The van der Waals surface area contributed by atoms with Crippen molar-refractivity contribution < 1.29 is 4.79 Å². The van der Waals surface area contributed by atoms with E-state index in [2.05, 4.69) is 53.8 Å². The number of urea groups is 1. The molecule has 1 aliphatic rings. The zero-order valence-corrected chi connectivity index (χ0v) is 14.5. The van der Waals surface area contributed by atoms with Gasteiger partial charge in [0, 0.05) is 35.5 Å². The van der Waals surface area contributed by atoms with Crippen molar-refractivity contribution in [2.45, 2.75) is 35.2 Å². The van der Waals surface area contributed by atoms with E-state index in [1.54, 1.807) is 16.7 Å². The Kier molecular flexibility index (Phi) is 5.77. The molecule has 1 heterocycles. The maximum Gasteiger partial charge on any atom is 0.314 e. The van der Waals surface area contributed by atoms with Gasteiger partial charge >= 0.3 is 6.03 Å². The topological polar surface area (TPSA) is 58.4 Å². The van der Waals surface area contributed by atoms with Crippen molar-refractivity contribution in [2.24, 2.45) is 5.73 Å². The standard InChI is InChI=1S/C19H23N3OS/c20-19(23)22-12-10-16(11-13-22)21-14-15-6-8-18(9-7-15)24-17-4-2-1-3-5-17/h1-9,16,21H,10-14H2,(H2,20,23). The maximum absolute atomic E-state index is 11.1. The van der Waals surface area contributed by atoms with Crippen LogP contribution in [0.15, 0.2) is 64.4 Å². The first-order valence-corrected chi connectivity index (χ1v) is 9.12. The fraction of sp³-hybridized carbons (Fsp3) is 0.316. The molecule has 0 unspecified atom stereocenters. The molecule has 0 aliphatic carbocycles. The molecule has 0 radical (unpaired) electrons. The smallest absolute Gasteiger partial charge is 0.314 e. The number of hydrogen-bond donors (Lipinski definition) is 2. The minimum absolute atomic E-state index is 0.306. The number of nitrogens with two attached hydrogens (primary N) is 1. The number of nitrogens with one attached hydrogen (secondary N) is 1. The molecule has 2 aromatic rings. The SMILES string of the molecule is NC(=O)N1CCC(NCc2ccc(Sc3ccccc3)cc2)CC1. The van der Waals surface area contributed by atoms with Crippen molar-refractivity contribution >= 4 is 17.8 Å². The summed E-state index contributed by atoms with van der Waals surface area (Å²) in [5.41, 5.74) is 6.59. The number of carbonyl (C=O) groups excluding carboxylic acids is 1. The third-order valence-electron chi connectivity index (χ3n) is 4.30. The van der Waals surface area contributed by atoms with Crippen LogP contribution in [0.2, 0.25) is 0 Å². The third kappa shape index (κ3) is 4.76. The van der Waals surface area contributed by atoms with E-state index in [1.807, 2.05) is 6.07 Å². The van der Waals surface area contributed by atoms with Crippen molar-refractivity contribution in [2.75, 3.05) is 13.1 Å². The van der Waals surface area contributed by atoms with Crippen LogP contribution in [0.4, 0.5) is 4.79 Å². The molecule has 3 rings (SSSR count). The highest BCUT2D eigenvalue weighted by Gasteiger charge is 2.20. The molecule has 4 nitrogen and oxygen atoms in total. The zero-order valence-electron chi connectivity index (χ0n) is 13.7. The molecule has 24 heavy (non-hydrogen) atoms. The van der Waals surface area contributed by atoms with Crippen LogP contribution in [0.3, 0.4) is 0 Å². The van der Waals surface area contributed by atoms with Crippen LogP contribution in [0.5, 0.6) is 0 Å². The summed E-state index contributed by atoms with van der Waals surface area (Å²) >= 11 is 1.78. The lowest BCUT2D eigenvalue weighted by atomic mass is 10.0. The minimum atomic E-state index is -0.306. The molecule has 1 fully saturated rings. The van der Waals surface area contributed by atoms with Crippen LogP contribution < -0.4 is 11.1 Å². The number of nitrogens with zero attached hydrogens (tertiary/aromatic N) is 1. The van der Waals surface area contributed by atoms with Crippen molar-refractivity contribution in [3.63, 3.8) is 0 Å². The van der Waals surface area contributed by atoms with Crippen molar-refractivity contribution in [1.82, 2.24) is 10.2 Å². The summed E-state index contributed by atoms with van der Waals surface area (Å²) in [6.45, 7) is 2.36. The van der Waals surface area contributed by atoms with Crippen LogP contribution in [-0.4, -0.2) is 30.1 Å². The monoisotopic (exact) mass is 341 g/mol. The number of benzene rings is 2. The fourth-order valence-corrected chi connectivity index (χ4v) is 3.70. The Hall–Kier alpha value is -1.98. The summed E-state index contributed by atoms with van der Waals surface area (Å²) in [5.74, 6) is 0. The summed E-state index contributed by atoms with van der Waals surface area (Å²) in [5, 5.41) is 3.58. The summed E-state index contributed by atoms with van der Waals surface area (Å²) < 4.78 is 0. The van der Waals surface area contributed by atoms with Crippen LogP contribution in [0.1, 0.15) is 18.4 Å². The quantitative estimate of drug-likeness (QED) is 0.875. The molecule has 0 spiro atoms. The van der Waals surface area contributed by atoms with Gasteiger partial charge in [0.15, 0.2) is 0 Å². The van der Waals surface area contributed by atoms with E-state index in [-0.39, 0.29) is 6.03 Å². The second-order valence-corrected chi connectivity index (χ2v) is 7.19. The van der Waals surface area contributed by atoms with Gasteiger partial charge in [-0.3, -0.25) is 0 Å². The first-order valence-electron chi connectivity index (χ1n) is 8.30. The first-order chi connectivity index (χ1) is 11.7. The Labute approximate surface area is 147 Å². The van der Waals surface area contributed by atoms with Gasteiger partial charge in [0.25, 0.3) is 0 Å². The van der Waals surface area contributed by atoms with Gasteiger partial charge in [-0.15, -0.1) is 0 Å². The lowest BCUT2D eigenvalue weighted by Gasteiger charge is -2.31. The number of rotatable bonds is 5. The van der Waals surface area contributed by atoms with Gasteiger partial charge in [0.2, 0.25) is 0 Å². The first kappa shape index (κ1) is 16.9. The Balaban J connectivity index is 1.46. The Bertz CT molecular complexity index is 652. The predicted molar refractivity (Wildman–Crippen MR) is 98.0 cm³/mol. The number of carbonyl (C=O) groups is 1. The van der Waals surface area contributed by atoms with E-state index in [1.165, 1.54) is 15.4 Å². The molecule has 5 heteroatoms. The molecule has 1 aliphatic heterocycles. The van der Waals surface area contributed by atoms with Gasteiger partial charge in [0.05, 0.1) is 0 Å². The van der Waals surface area contributed by atoms with E-state index in [0.717, 1.165) is 32.5 Å². The van der Waals surface area contributed by atoms with Gasteiger partial charge < -0.3 is 16.0 Å². The molecule has 2 aromatic carbocycles. The Morgan fingerprint density at radius 2 is 1.67 bits per heavy atom. The van der Waals surface area contributed by atoms with Crippen LogP contribution in [0.25, 0.3) is 0 Å². The van der Waals surface area contributed by atoms with Crippen LogP contribution >= 0.6 is 11.8 Å². The molecular weight excluding hydrogens is 318 g/mol. The second kappa shape index (κ2) is 8.22. The Morgan fingerprint density at radius 3 is 2.29 bits per heavy atom. The highest BCUT2D eigenvalue weighted by molar-refractivity contribution is 7.99. The average Bonchev–Trinajstić information content (AvgIpc) is 2.62. The van der Waals surface area contributed by atoms with Gasteiger partial charge in [-0.25, -0.2) is 4.79 Å².